The van der Waals surface area contributed by atoms with Crippen molar-refractivity contribution in [3.05, 3.63) is 59.8 Å². The lowest BCUT2D eigenvalue weighted by Crippen LogP contribution is -2.52. The summed E-state index contributed by atoms with van der Waals surface area (Å²) in [7, 11) is 0. The molecule has 2 fully saturated rings. The Bertz CT molecular complexity index is 1470. The molecule has 1 unspecified atom stereocenters. The zero-order valence-corrected chi connectivity index (χ0v) is 22.6. The van der Waals surface area contributed by atoms with Gasteiger partial charge >= 0.3 is 6.18 Å². The molecule has 2 aromatic heterocycles. The minimum absolute atomic E-state index is 0.0555. The number of alkyl halides is 3. The number of amides is 2. The highest BCUT2D eigenvalue weighted by Crippen LogP contribution is 2.28. The van der Waals surface area contributed by atoms with E-state index in [9.17, 15) is 22.8 Å². The number of piperazine rings is 1. The Kier molecular flexibility index (Phi) is 7.41. The number of fused-ring (bicyclic) bond motifs is 2. The molecule has 6 rings (SSSR count). The first-order chi connectivity index (χ1) is 19.7. The average Bonchev–Trinajstić information content (AvgIpc) is 3.61. The zero-order chi connectivity index (χ0) is 28.6. The minimum Gasteiger partial charge on any atom is -0.339 e. The number of halogens is 3. The highest BCUT2D eigenvalue weighted by Gasteiger charge is 2.33. The van der Waals surface area contributed by atoms with Gasteiger partial charge in [0.15, 0.2) is 5.65 Å². The van der Waals surface area contributed by atoms with E-state index in [1.807, 2.05) is 47.4 Å². The van der Waals surface area contributed by atoms with E-state index in [0.717, 1.165) is 49.4 Å². The Morgan fingerprint density at radius 1 is 1.02 bits per heavy atom. The molecule has 1 aromatic carbocycles. The molecule has 41 heavy (non-hydrogen) atoms. The average molecular weight is 568 g/mol. The van der Waals surface area contributed by atoms with Gasteiger partial charge in [-0.25, -0.2) is 4.52 Å². The lowest BCUT2D eigenvalue weighted by Gasteiger charge is -2.37. The lowest BCUT2D eigenvalue weighted by molar-refractivity contribution is -0.148. The molecule has 1 atom stereocenters. The van der Waals surface area contributed by atoms with Crippen molar-refractivity contribution in [3.8, 4) is 0 Å². The predicted molar refractivity (Wildman–Crippen MR) is 148 cm³/mol. The standard InChI is InChI=1S/C29H32F3N7O2/c30-29(31,32)12-9-25(40)37-15-10-20(11-16-37)24-4-2-14-39-26(24)34-28(35-39)33-22-7-5-21(6-8-22)27(41)38-18-17-36-13-1-3-23(36)19-38/h2,4-8,10,14,23H,1,3,9,11-13,15-19H2,(H,33,35). The maximum absolute atomic E-state index is 13.1. The molecular weight excluding hydrogens is 535 g/mol. The summed E-state index contributed by atoms with van der Waals surface area (Å²) in [5.74, 6) is -0.0388. The molecular formula is C29H32F3N7O2. The Morgan fingerprint density at radius 3 is 2.61 bits per heavy atom. The Balaban J connectivity index is 1.10. The summed E-state index contributed by atoms with van der Waals surface area (Å²) < 4.78 is 39.1. The quantitative estimate of drug-likeness (QED) is 0.477. The number of rotatable bonds is 6. The van der Waals surface area contributed by atoms with Crippen molar-refractivity contribution >= 4 is 34.7 Å². The number of hydrogen-bond donors (Lipinski definition) is 1. The second-order valence-corrected chi connectivity index (χ2v) is 10.8. The van der Waals surface area contributed by atoms with Crippen LogP contribution in [0.3, 0.4) is 0 Å². The molecule has 1 N–H and O–H groups in total. The van der Waals surface area contributed by atoms with Gasteiger partial charge in [0.2, 0.25) is 11.9 Å². The summed E-state index contributed by atoms with van der Waals surface area (Å²) in [6, 6.07) is 11.6. The summed E-state index contributed by atoms with van der Waals surface area (Å²) in [6.07, 6.45) is 0.550. The van der Waals surface area contributed by atoms with Crippen molar-refractivity contribution in [2.75, 3.05) is 44.6 Å². The van der Waals surface area contributed by atoms with Gasteiger partial charge in [0.1, 0.15) is 0 Å². The van der Waals surface area contributed by atoms with E-state index in [1.165, 1.54) is 11.3 Å². The third-order valence-electron chi connectivity index (χ3n) is 8.16. The number of carbonyl (C=O) groups is 2. The molecule has 3 aromatic rings. The largest absolute Gasteiger partial charge is 0.389 e. The second kappa shape index (κ2) is 11.2. The van der Waals surface area contributed by atoms with Gasteiger partial charge in [0, 0.05) is 68.2 Å². The molecule has 0 saturated carbocycles. The summed E-state index contributed by atoms with van der Waals surface area (Å²) in [6.45, 7) is 4.23. The van der Waals surface area contributed by atoms with Crippen molar-refractivity contribution in [1.29, 1.82) is 0 Å². The van der Waals surface area contributed by atoms with E-state index in [-0.39, 0.29) is 12.5 Å². The van der Waals surface area contributed by atoms with E-state index in [1.54, 1.807) is 10.7 Å². The molecule has 0 aliphatic carbocycles. The molecule has 2 saturated heterocycles. The fourth-order valence-electron chi connectivity index (χ4n) is 5.94. The summed E-state index contributed by atoms with van der Waals surface area (Å²) in [4.78, 5) is 35.8. The van der Waals surface area contributed by atoms with Gasteiger partial charge in [-0.1, -0.05) is 6.08 Å². The normalized spacial score (nSPS) is 19.8. The fraction of sp³-hybridized carbons (Fsp3) is 0.448. The van der Waals surface area contributed by atoms with Gasteiger partial charge in [-0.2, -0.15) is 18.2 Å². The van der Waals surface area contributed by atoms with Crippen LogP contribution in [0.1, 0.15) is 48.0 Å². The van der Waals surface area contributed by atoms with Crippen LogP contribution in [-0.4, -0.2) is 92.6 Å². The molecule has 0 spiro atoms. The van der Waals surface area contributed by atoms with Crippen LogP contribution in [0.5, 0.6) is 0 Å². The minimum atomic E-state index is -4.34. The van der Waals surface area contributed by atoms with E-state index in [2.05, 4.69) is 20.3 Å². The van der Waals surface area contributed by atoms with Crippen LogP contribution < -0.4 is 5.32 Å². The number of aromatic nitrogens is 3. The van der Waals surface area contributed by atoms with Crippen LogP contribution in [0, 0.1) is 0 Å². The molecule has 216 valence electrons. The number of carbonyl (C=O) groups excluding carboxylic acids is 2. The molecule has 3 aliphatic rings. The number of pyridine rings is 1. The fourth-order valence-corrected chi connectivity index (χ4v) is 5.94. The second-order valence-electron chi connectivity index (χ2n) is 10.8. The van der Waals surface area contributed by atoms with Crippen LogP contribution >= 0.6 is 0 Å². The topological polar surface area (TPSA) is 86.1 Å². The monoisotopic (exact) mass is 567 g/mol. The van der Waals surface area contributed by atoms with E-state index in [4.69, 9.17) is 0 Å². The highest BCUT2D eigenvalue weighted by atomic mass is 19.4. The van der Waals surface area contributed by atoms with E-state index < -0.39 is 24.9 Å². The third-order valence-corrected chi connectivity index (χ3v) is 8.16. The SMILES string of the molecule is O=C(CCC(F)(F)F)N1CC=C(c2cccn3nc(Nc4ccc(C(=O)N5CCN6CCCC6C5)cc4)nc23)CC1. The van der Waals surface area contributed by atoms with E-state index >= 15 is 0 Å². The lowest BCUT2D eigenvalue weighted by atomic mass is 10.00. The van der Waals surface area contributed by atoms with Crippen molar-refractivity contribution in [2.45, 2.75) is 44.3 Å². The summed E-state index contributed by atoms with van der Waals surface area (Å²) >= 11 is 0. The van der Waals surface area contributed by atoms with Gasteiger partial charge in [-0.05, 0) is 67.8 Å². The molecule has 0 radical (unpaired) electrons. The highest BCUT2D eigenvalue weighted by molar-refractivity contribution is 5.94. The van der Waals surface area contributed by atoms with Gasteiger partial charge in [0.05, 0.1) is 6.42 Å². The molecule has 3 aliphatic heterocycles. The Labute approximate surface area is 235 Å². The molecule has 5 heterocycles. The zero-order valence-electron chi connectivity index (χ0n) is 22.6. The van der Waals surface area contributed by atoms with Gasteiger partial charge in [-0.15, -0.1) is 5.10 Å². The summed E-state index contributed by atoms with van der Waals surface area (Å²) in [5, 5.41) is 7.74. The first-order valence-corrected chi connectivity index (χ1v) is 14.0. The van der Waals surface area contributed by atoms with Gasteiger partial charge in [0.25, 0.3) is 5.91 Å². The number of anilines is 2. The van der Waals surface area contributed by atoms with Crippen molar-refractivity contribution in [2.24, 2.45) is 0 Å². The maximum Gasteiger partial charge on any atom is 0.389 e. The molecule has 9 nitrogen and oxygen atoms in total. The number of benzene rings is 1. The molecule has 0 bridgehead atoms. The van der Waals surface area contributed by atoms with Crippen LogP contribution in [0.15, 0.2) is 48.7 Å². The van der Waals surface area contributed by atoms with Crippen LogP contribution in [0.25, 0.3) is 11.2 Å². The van der Waals surface area contributed by atoms with Crippen LogP contribution in [0.2, 0.25) is 0 Å². The van der Waals surface area contributed by atoms with Gasteiger partial charge < -0.3 is 15.1 Å². The van der Waals surface area contributed by atoms with E-state index in [0.29, 0.717) is 36.2 Å². The third kappa shape index (κ3) is 6.07. The van der Waals surface area contributed by atoms with Crippen molar-refractivity contribution in [1.82, 2.24) is 29.3 Å². The maximum atomic E-state index is 13.1. The van der Waals surface area contributed by atoms with Crippen molar-refractivity contribution < 1.29 is 22.8 Å². The molecule has 2 amide bonds. The molecule has 12 heteroatoms. The smallest absolute Gasteiger partial charge is 0.339 e. The Hall–Kier alpha value is -3.93. The van der Waals surface area contributed by atoms with Gasteiger partial charge in [-0.3, -0.25) is 14.5 Å². The predicted octanol–water partition coefficient (Wildman–Crippen LogP) is 4.35. The van der Waals surface area contributed by atoms with Crippen LogP contribution in [-0.2, 0) is 4.79 Å². The first kappa shape index (κ1) is 27.3. The Morgan fingerprint density at radius 2 is 1.85 bits per heavy atom. The number of hydrogen-bond acceptors (Lipinski definition) is 6. The number of nitrogens with zero attached hydrogens (tertiary/aromatic N) is 6. The van der Waals surface area contributed by atoms with Crippen molar-refractivity contribution in [3.63, 3.8) is 0 Å². The summed E-state index contributed by atoms with van der Waals surface area (Å²) in [5.41, 5.74) is 3.87. The van der Waals surface area contributed by atoms with Crippen LogP contribution in [0.4, 0.5) is 24.8 Å². The number of nitrogens with one attached hydrogen (secondary N) is 1. The first-order valence-electron chi connectivity index (χ1n) is 14.0.